The molecule has 1 aromatic rings. The maximum absolute atomic E-state index is 12.3. The Bertz CT molecular complexity index is 505. The van der Waals surface area contributed by atoms with Crippen LogP contribution in [0.2, 0.25) is 5.02 Å². The molecule has 1 atom stereocenters. The predicted octanol–water partition coefficient (Wildman–Crippen LogP) is 3.34. The molecule has 1 aliphatic rings. The Morgan fingerprint density at radius 2 is 2.09 bits per heavy atom. The van der Waals surface area contributed by atoms with Gasteiger partial charge >= 0.3 is 0 Å². The van der Waals surface area contributed by atoms with Crippen molar-refractivity contribution in [1.29, 1.82) is 0 Å². The van der Waals surface area contributed by atoms with Crippen molar-refractivity contribution in [3.05, 3.63) is 28.8 Å². The van der Waals surface area contributed by atoms with Gasteiger partial charge in [-0.15, -0.1) is 12.4 Å². The van der Waals surface area contributed by atoms with Crippen molar-refractivity contribution in [2.24, 2.45) is 11.7 Å². The van der Waals surface area contributed by atoms with Gasteiger partial charge in [0.15, 0.2) is 0 Å². The summed E-state index contributed by atoms with van der Waals surface area (Å²) < 4.78 is 5.29. The lowest BCUT2D eigenvalue weighted by atomic mass is 9.84. The van der Waals surface area contributed by atoms with Crippen LogP contribution in [0, 0.1) is 5.92 Å². The quantitative estimate of drug-likeness (QED) is 0.817. The van der Waals surface area contributed by atoms with Crippen molar-refractivity contribution in [3.8, 4) is 5.75 Å². The summed E-state index contributed by atoms with van der Waals surface area (Å²) in [4.78, 5) is 12.3. The lowest BCUT2D eigenvalue weighted by Gasteiger charge is -2.30. The largest absolute Gasteiger partial charge is 0.496 e. The molecule has 0 bridgehead atoms. The molecular formula is C17H26Cl2N2O2. The van der Waals surface area contributed by atoms with Crippen LogP contribution in [0.5, 0.6) is 5.75 Å². The monoisotopic (exact) mass is 360 g/mol. The molecule has 4 nitrogen and oxygen atoms in total. The summed E-state index contributed by atoms with van der Waals surface area (Å²) in [6.45, 7) is 0.489. The van der Waals surface area contributed by atoms with Crippen molar-refractivity contribution in [3.63, 3.8) is 0 Å². The summed E-state index contributed by atoms with van der Waals surface area (Å²) >= 11 is 6.00. The van der Waals surface area contributed by atoms with Crippen LogP contribution < -0.4 is 15.8 Å². The van der Waals surface area contributed by atoms with Crippen LogP contribution in [0.4, 0.5) is 0 Å². The second-order valence-corrected chi connectivity index (χ2v) is 6.38. The number of nitrogens with two attached hydrogens (primary N) is 1. The summed E-state index contributed by atoms with van der Waals surface area (Å²) in [5.41, 5.74) is 6.66. The minimum absolute atomic E-state index is 0. The molecule has 6 heteroatoms. The highest BCUT2D eigenvalue weighted by molar-refractivity contribution is 6.30. The van der Waals surface area contributed by atoms with E-state index in [-0.39, 0.29) is 30.8 Å². The number of rotatable bonds is 6. The molecule has 3 N–H and O–H groups in total. The minimum Gasteiger partial charge on any atom is -0.496 e. The number of methoxy groups -OCH3 is 1. The molecule has 0 radical (unpaired) electrons. The molecule has 1 saturated carbocycles. The zero-order valence-electron chi connectivity index (χ0n) is 13.5. The van der Waals surface area contributed by atoms with Crippen molar-refractivity contribution in [2.45, 2.75) is 44.6 Å². The zero-order valence-corrected chi connectivity index (χ0v) is 15.1. The summed E-state index contributed by atoms with van der Waals surface area (Å²) in [5, 5.41) is 3.70. The van der Waals surface area contributed by atoms with E-state index in [1.165, 1.54) is 19.3 Å². The maximum atomic E-state index is 12.3. The maximum Gasteiger partial charge on any atom is 0.224 e. The van der Waals surface area contributed by atoms with Gasteiger partial charge in [0.05, 0.1) is 13.5 Å². The second-order valence-electron chi connectivity index (χ2n) is 5.94. The van der Waals surface area contributed by atoms with Gasteiger partial charge in [0, 0.05) is 23.2 Å². The number of carbonyl (C=O) groups excluding carboxylic acids is 1. The highest BCUT2D eigenvalue weighted by Gasteiger charge is 2.24. The molecule has 130 valence electrons. The van der Waals surface area contributed by atoms with Crippen LogP contribution in [-0.2, 0) is 11.2 Å². The molecule has 0 spiro atoms. The first-order valence-electron chi connectivity index (χ1n) is 7.96. The van der Waals surface area contributed by atoms with Gasteiger partial charge in [0.25, 0.3) is 0 Å². The van der Waals surface area contributed by atoms with Gasteiger partial charge in [-0.25, -0.2) is 0 Å². The molecule has 0 saturated heterocycles. The van der Waals surface area contributed by atoms with E-state index in [1.807, 2.05) is 0 Å². The van der Waals surface area contributed by atoms with Crippen LogP contribution in [0.1, 0.15) is 37.7 Å². The Morgan fingerprint density at radius 3 is 2.70 bits per heavy atom. The zero-order chi connectivity index (χ0) is 15.9. The van der Waals surface area contributed by atoms with Crippen molar-refractivity contribution >= 4 is 29.9 Å². The fourth-order valence-electron chi connectivity index (χ4n) is 3.22. The molecule has 1 aliphatic carbocycles. The summed E-state index contributed by atoms with van der Waals surface area (Å²) in [6, 6.07) is 5.38. The van der Waals surface area contributed by atoms with E-state index in [0.29, 0.717) is 23.2 Å². The van der Waals surface area contributed by atoms with Crippen LogP contribution in [0.15, 0.2) is 18.2 Å². The number of nitrogens with one attached hydrogen (secondary N) is 1. The van der Waals surface area contributed by atoms with Gasteiger partial charge in [-0.05, 0) is 37.0 Å². The third-order valence-corrected chi connectivity index (χ3v) is 4.65. The second kappa shape index (κ2) is 10.0. The fourth-order valence-corrected chi connectivity index (χ4v) is 3.42. The van der Waals surface area contributed by atoms with Crippen LogP contribution in [0.3, 0.4) is 0 Å². The Balaban J connectivity index is 0.00000264. The molecule has 0 heterocycles. The van der Waals surface area contributed by atoms with E-state index in [9.17, 15) is 4.79 Å². The number of benzene rings is 1. The Kier molecular flexibility index (Phi) is 8.74. The van der Waals surface area contributed by atoms with Gasteiger partial charge in [-0.1, -0.05) is 30.9 Å². The fraction of sp³-hybridized carbons (Fsp3) is 0.588. The molecular weight excluding hydrogens is 335 g/mol. The smallest absolute Gasteiger partial charge is 0.224 e. The first kappa shape index (κ1) is 20.1. The molecule has 1 amide bonds. The Hall–Kier alpha value is -0.970. The van der Waals surface area contributed by atoms with Gasteiger partial charge in [-0.2, -0.15) is 0 Å². The summed E-state index contributed by atoms with van der Waals surface area (Å²) in [6.07, 6.45) is 6.33. The van der Waals surface area contributed by atoms with Crippen molar-refractivity contribution < 1.29 is 9.53 Å². The van der Waals surface area contributed by atoms with Crippen molar-refractivity contribution in [1.82, 2.24) is 5.32 Å². The number of ether oxygens (including phenoxy) is 1. The standard InChI is InChI=1S/C17H25ClN2O2.ClH/c1-22-16-8-7-14(18)9-13(16)10-17(21)20-15(11-19)12-5-3-2-4-6-12;/h7-9,12,15H,2-6,10-11,19H2,1H3,(H,20,21);1H. The van der Waals surface area contributed by atoms with Gasteiger partial charge in [0.2, 0.25) is 5.91 Å². The lowest BCUT2D eigenvalue weighted by Crippen LogP contribution is -2.46. The SMILES string of the molecule is COc1ccc(Cl)cc1CC(=O)NC(CN)C1CCCCC1.Cl. The van der Waals surface area contributed by atoms with E-state index in [4.69, 9.17) is 22.1 Å². The van der Waals surface area contributed by atoms with E-state index in [2.05, 4.69) is 5.32 Å². The molecule has 1 aromatic carbocycles. The topological polar surface area (TPSA) is 64.3 Å². The number of hydrogen-bond acceptors (Lipinski definition) is 3. The Morgan fingerprint density at radius 1 is 1.39 bits per heavy atom. The summed E-state index contributed by atoms with van der Waals surface area (Å²) in [7, 11) is 1.59. The third-order valence-electron chi connectivity index (χ3n) is 4.41. The normalized spacial score (nSPS) is 16.3. The molecule has 1 unspecified atom stereocenters. The van der Waals surface area contributed by atoms with E-state index < -0.39 is 0 Å². The van der Waals surface area contributed by atoms with Crippen LogP contribution in [-0.4, -0.2) is 25.6 Å². The number of halogens is 2. The minimum atomic E-state index is -0.0263. The average molecular weight is 361 g/mol. The lowest BCUT2D eigenvalue weighted by molar-refractivity contribution is -0.121. The summed E-state index contributed by atoms with van der Waals surface area (Å²) in [5.74, 6) is 1.16. The molecule has 23 heavy (non-hydrogen) atoms. The molecule has 0 aromatic heterocycles. The molecule has 2 rings (SSSR count). The van der Waals surface area contributed by atoms with Gasteiger partial charge in [0.1, 0.15) is 5.75 Å². The Labute approximate surface area is 149 Å². The van der Waals surface area contributed by atoms with E-state index >= 15 is 0 Å². The van der Waals surface area contributed by atoms with Crippen molar-refractivity contribution in [2.75, 3.05) is 13.7 Å². The van der Waals surface area contributed by atoms with E-state index in [1.54, 1.807) is 25.3 Å². The van der Waals surface area contributed by atoms with Crippen LogP contribution >= 0.6 is 24.0 Å². The first-order valence-corrected chi connectivity index (χ1v) is 8.33. The number of hydrogen-bond donors (Lipinski definition) is 2. The van der Waals surface area contributed by atoms with E-state index in [0.717, 1.165) is 18.4 Å². The molecule has 0 aliphatic heterocycles. The first-order chi connectivity index (χ1) is 10.6. The molecule has 1 fully saturated rings. The highest BCUT2D eigenvalue weighted by atomic mass is 35.5. The average Bonchev–Trinajstić information content (AvgIpc) is 2.53. The highest BCUT2D eigenvalue weighted by Crippen LogP contribution is 2.27. The predicted molar refractivity (Wildman–Crippen MR) is 96.5 cm³/mol. The number of amides is 1. The third kappa shape index (κ3) is 5.87. The van der Waals surface area contributed by atoms with Crippen LogP contribution in [0.25, 0.3) is 0 Å². The number of carbonyl (C=O) groups is 1. The van der Waals surface area contributed by atoms with Gasteiger partial charge < -0.3 is 15.8 Å². The van der Waals surface area contributed by atoms with Gasteiger partial charge in [-0.3, -0.25) is 4.79 Å².